The number of anilines is 1. The molecule has 5 heteroatoms. The van der Waals surface area contributed by atoms with Crippen LogP contribution >= 0.6 is 0 Å². The molecular formula is C12H14N4O. The van der Waals surface area contributed by atoms with E-state index < -0.39 is 0 Å². The Kier molecular flexibility index (Phi) is 2.91. The number of nitrogens with zero attached hydrogens (tertiary/aromatic N) is 3. The smallest absolute Gasteiger partial charge is 0.277 e. The fourth-order valence-electron chi connectivity index (χ4n) is 1.51. The second-order valence-corrected chi connectivity index (χ2v) is 4.05. The summed E-state index contributed by atoms with van der Waals surface area (Å²) in [5.41, 5.74) is 3.24. The topological polar surface area (TPSA) is 59.8 Å². The molecule has 0 radical (unpaired) electrons. The van der Waals surface area contributed by atoms with Crippen molar-refractivity contribution in [1.29, 1.82) is 0 Å². The summed E-state index contributed by atoms with van der Waals surface area (Å²) < 4.78 is 1.50. The molecule has 0 fully saturated rings. The zero-order chi connectivity index (χ0) is 12.4. The zero-order valence-electron chi connectivity index (χ0n) is 10.1. The van der Waals surface area contributed by atoms with Crippen molar-refractivity contribution >= 4 is 11.6 Å². The summed E-state index contributed by atoms with van der Waals surface area (Å²) >= 11 is 0. The predicted octanol–water partition coefficient (Wildman–Crippen LogP) is 1.68. The van der Waals surface area contributed by atoms with Crippen LogP contribution in [0, 0.1) is 13.8 Å². The summed E-state index contributed by atoms with van der Waals surface area (Å²) in [6.45, 7) is 3.93. The minimum atomic E-state index is -0.244. The summed E-state index contributed by atoms with van der Waals surface area (Å²) in [6, 6.07) is 5.92. The van der Waals surface area contributed by atoms with E-state index in [0.717, 1.165) is 16.8 Å². The lowest BCUT2D eigenvalue weighted by Gasteiger charge is -2.07. The van der Waals surface area contributed by atoms with Gasteiger partial charge in [0.2, 0.25) is 0 Å². The average Bonchev–Trinajstić information content (AvgIpc) is 2.70. The Morgan fingerprint density at radius 3 is 2.76 bits per heavy atom. The number of rotatable bonds is 2. The van der Waals surface area contributed by atoms with Gasteiger partial charge in [-0.3, -0.25) is 9.48 Å². The molecular weight excluding hydrogens is 216 g/mol. The van der Waals surface area contributed by atoms with Gasteiger partial charge in [0, 0.05) is 12.7 Å². The number of hydrogen-bond acceptors (Lipinski definition) is 3. The molecule has 0 saturated heterocycles. The fraction of sp³-hybridized carbons (Fsp3) is 0.250. The molecule has 0 aliphatic heterocycles. The first-order valence-corrected chi connectivity index (χ1v) is 5.31. The van der Waals surface area contributed by atoms with Crippen LogP contribution in [0.5, 0.6) is 0 Å². The number of aromatic nitrogens is 3. The lowest BCUT2D eigenvalue weighted by atomic mass is 10.1. The van der Waals surface area contributed by atoms with E-state index in [1.165, 1.54) is 4.68 Å². The molecule has 1 amide bonds. The van der Waals surface area contributed by atoms with Crippen LogP contribution in [-0.2, 0) is 7.05 Å². The number of amides is 1. The van der Waals surface area contributed by atoms with E-state index in [1.807, 2.05) is 32.0 Å². The first-order valence-electron chi connectivity index (χ1n) is 5.31. The minimum absolute atomic E-state index is 0.244. The molecule has 0 atom stereocenters. The van der Waals surface area contributed by atoms with Gasteiger partial charge in [0.1, 0.15) is 0 Å². The third kappa shape index (κ3) is 2.50. The lowest BCUT2D eigenvalue weighted by Crippen LogP contribution is -2.13. The molecule has 17 heavy (non-hydrogen) atoms. The molecule has 88 valence electrons. The molecule has 0 saturated carbocycles. The van der Waals surface area contributed by atoms with Crippen LogP contribution in [0.15, 0.2) is 24.4 Å². The Balaban J connectivity index is 2.21. The Hall–Kier alpha value is -2.17. The standard InChI is InChI=1S/C12H14N4O/c1-8-4-5-9(2)10(6-8)13-12(17)11-7-16(3)15-14-11/h4-7H,1-3H3,(H,13,17). The third-order valence-corrected chi connectivity index (χ3v) is 2.48. The molecule has 1 aromatic carbocycles. The van der Waals surface area contributed by atoms with Gasteiger partial charge in [-0.2, -0.15) is 0 Å². The van der Waals surface area contributed by atoms with Crippen molar-refractivity contribution in [2.45, 2.75) is 13.8 Å². The maximum absolute atomic E-state index is 11.9. The predicted molar refractivity (Wildman–Crippen MR) is 64.9 cm³/mol. The van der Waals surface area contributed by atoms with Crippen molar-refractivity contribution in [3.05, 3.63) is 41.2 Å². The summed E-state index contributed by atoms with van der Waals surface area (Å²) in [6.07, 6.45) is 1.58. The third-order valence-electron chi connectivity index (χ3n) is 2.48. The number of aryl methyl sites for hydroxylation is 3. The molecule has 0 spiro atoms. The minimum Gasteiger partial charge on any atom is -0.320 e. The molecule has 0 aliphatic carbocycles. The summed E-state index contributed by atoms with van der Waals surface area (Å²) in [5.74, 6) is -0.244. The van der Waals surface area contributed by atoms with Crippen LogP contribution in [0.3, 0.4) is 0 Å². The maximum atomic E-state index is 11.9. The van der Waals surface area contributed by atoms with Crippen molar-refractivity contribution in [2.75, 3.05) is 5.32 Å². The highest BCUT2D eigenvalue weighted by atomic mass is 16.2. The van der Waals surface area contributed by atoms with Gasteiger partial charge >= 0.3 is 0 Å². The molecule has 0 unspecified atom stereocenters. The van der Waals surface area contributed by atoms with Crippen molar-refractivity contribution in [1.82, 2.24) is 15.0 Å². The molecule has 5 nitrogen and oxygen atoms in total. The Morgan fingerprint density at radius 2 is 2.12 bits per heavy atom. The van der Waals surface area contributed by atoms with E-state index in [1.54, 1.807) is 13.2 Å². The summed E-state index contributed by atoms with van der Waals surface area (Å²) in [7, 11) is 1.72. The van der Waals surface area contributed by atoms with Crippen LogP contribution in [0.2, 0.25) is 0 Å². The van der Waals surface area contributed by atoms with E-state index in [2.05, 4.69) is 15.6 Å². The number of hydrogen-bond donors (Lipinski definition) is 1. The molecule has 1 heterocycles. The molecule has 2 rings (SSSR count). The fourth-order valence-corrected chi connectivity index (χ4v) is 1.51. The number of nitrogens with one attached hydrogen (secondary N) is 1. The van der Waals surface area contributed by atoms with Gasteiger partial charge in [-0.05, 0) is 31.0 Å². The highest BCUT2D eigenvalue weighted by molar-refractivity contribution is 6.03. The van der Waals surface area contributed by atoms with Crippen LogP contribution < -0.4 is 5.32 Å². The molecule has 2 aromatic rings. The largest absolute Gasteiger partial charge is 0.320 e. The monoisotopic (exact) mass is 230 g/mol. The Morgan fingerprint density at radius 1 is 1.35 bits per heavy atom. The summed E-state index contributed by atoms with van der Waals surface area (Å²) in [5, 5.41) is 10.3. The van der Waals surface area contributed by atoms with Gasteiger partial charge in [0.05, 0.1) is 6.20 Å². The van der Waals surface area contributed by atoms with Crippen LogP contribution in [0.4, 0.5) is 5.69 Å². The average molecular weight is 230 g/mol. The van der Waals surface area contributed by atoms with Gasteiger partial charge in [-0.1, -0.05) is 17.3 Å². The molecule has 1 aromatic heterocycles. The summed E-state index contributed by atoms with van der Waals surface area (Å²) in [4.78, 5) is 11.9. The quantitative estimate of drug-likeness (QED) is 0.854. The van der Waals surface area contributed by atoms with Gasteiger partial charge < -0.3 is 5.32 Å². The maximum Gasteiger partial charge on any atom is 0.277 e. The number of carbonyl (C=O) groups excluding carboxylic acids is 1. The van der Waals surface area contributed by atoms with Crippen molar-refractivity contribution in [3.8, 4) is 0 Å². The molecule has 0 aliphatic rings. The lowest BCUT2D eigenvalue weighted by molar-refractivity contribution is 0.102. The second-order valence-electron chi connectivity index (χ2n) is 4.05. The molecule has 1 N–H and O–H groups in total. The highest BCUT2D eigenvalue weighted by Crippen LogP contribution is 2.16. The first kappa shape index (κ1) is 11.3. The van der Waals surface area contributed by atoms with Crippen LogP contribution in [0.1, 0.15) is 21.6 Å². The van der Waals surface area contributed by atoms with E-state index in [4.69, 9.17) is 0 Å². The van der Waals surface area contributed by atoms with Gasteiger partial charge in [-0.25, -0.2) is 0 Å². The SMILES string of the molecule is Cc1ccc(C)c(NC(=O)c2cn(C)nn2)c1. The first-order chi connectivity index (χ1) is 8.06. The van der Waals surface area contributed by atoms with Gasteiger partial charge in [-0.15, -0.1) is 5.10 Å². The number of benzene rings is 1. The van der Waals surface area contributed by atoms with E-state index >= 15 is 0 Å². The van der Waals surface area contributed by atoms with Gasteiger partial charge in [0.15, 0.2) is 5.69 Å². The van der Waals surface area contributed by atoms with E-state index in [9.17, 15) is 4.79 Å². The molecule has 0 bridgehead atoms. The van der Waals surface area contributed by atoms with Crippen molar-refractivity contribution in [3.63, 3.8) is 0 Å². The van der Waals surface area contributed by atoms with Crippen LogP contribution in [-0.4, -0.2) is 20.9 Å². The Labute approximate surface area is 99.5 Å². The normalized spacial score (nSPS) is 10.3. The second kappa shape index (κ2) is 4.37. The number of carbonyl (C=O) groups is 1. The highest BCUT2D eigenvalue weighted by Gasteiger charge is 2.11. The van der Waals surface area contributed by atoms with Crippen molar-refractivity contribution in [2.24, 2.45) is 7.05 Å². The van der Waals surface area contributed by atoms with E-state index in [0.29, 0.717) is 5.69 Å². The van der Waals surface area contributed by atoms with Crippen LogP contribution in [0.25, 0.3) is 0 Å². The van der Waals surface area contributed by atoms with Crippen molar-refractivity contribution < 1.29 is 4.79 Å². The Bertz CT molecular complexity index is 559. The zero-order valence-corrected chi connectivity index (χ0v) is 10.1. The van der Waals surface area contributed by atoms with Gasteiger partial charge in [0.25, 0.3) is 5.91 Å². The van der Waals surface area contributed by atoms with E-state index in [-0.39, 0.29) is 5.91 Å².